The van der Waals surface area contributed by atoms with Gasteiger partial charge in [0.1, 0.15) is 12.2 Å². The standard InChI is InChI=1S/C25H24N4O2/c26-17-22-25(28-16-15-27-22)31-21-13-11-20(12-14-21)29-24(30)23(18-7-3-1-4-8-18)19-9-5-2-6-10-19/h1-10,15-16,20-21,23H,11-14H2,(H,29,30). The monoisotopic (exact) mass is 412 g/mol. The third-order valence-electron chi connectivity index (χ3n) is 5.60. The van der Waals surface area contributed by atoms with Crippen LogP contribution in [-0.4, -0.2) is 28.0 Å². The van der Waals surface area contributed by atoms with E-state index < -0.39 is 0 Å². The fourth-order valence-corrected chi connectivity index (χ4v) is 4.04. The first kappa shape index (κ1) is 20.5. The van der Waals surface area contributed by atoms with Gasteiger partial charge in [0.2, 0.25) is 11.6 Å². The van der Waals surface area contributed by atoms with Crippen LogP contribution in [0.15, 0.2) is 73.1 Å². The highest BCUT2D eigenvalue weighted by atomic mass is 16.5. The molecule has 0 bridgehead atoms. The van der Waals surface area contributed by atoms with Crippen molar-refractivity contribution in [3.05, 3.63) is 89.9 Å². The molecule has 0 atom stereocenters. The van der Waals surface area contributed by atoms with E-state index in [1.807, 2.05) is 66.7 Å². The minimum atomic E-state index is -0.339. The van der Waals surface area contributed by atoms with Crippen LogP contribution in [-0.2, 0) is 4.79 Å². The first-order valence-corrected chi connectivity index (χ1v) is 10.5. The van der Waals surface area contributed by atoms with Crippen molar-refractivity contribution >= 4 is 5.91 Å². The molecule has 6 nitrogen and oxygen atoms in total. The Balaban J connectivity index is 1.39. The summed E-state index contributed by atoms with van der Waals surface area (Å²) in [4.78, 5) is 21.4. The Kier molecular flexibility index (Phi) is 6.53. The predicted octanol–water partition coefficient (Wildman–Crippen LogP) is 3.99. The van der Waals surface area contributed by atoms with Crippen molar-refractivity contribution in [1.82, 2.24) is 15.3 Å². The molecule has 1 heterocycles. The van der Waals surface area contributed by atoms with E-state index in [-0.39, 0.29) is 35.5 Å². The number of hydrogen-bond acceptors (Lipinski definition) is 5. The fourth-order valence-electron chi connectivity index (χ4n) is 4.04. The smallest absolute Gasteiger partial charge is 0.251 e. The summed E-state index contributed by atoms with van der Waals surface area (Å²) in [5.74, 6) is -0.0395. The highest BCUT2D eigenvalue weighted by molar-refractivity contribution is 5.87. The van der Waals surface area contributed by atoms with Crippen molar-refractivity contribution in [2.75, 3.05) is 0 Å². The lowest BCUT2D eigenvalue weighted by Gasteiger charge is -2.30. The van der Waals surface area contributed by atoms with Gasteiger partial charge in [0.25, 0.3) is 5.88 Å². The Morgan fingerprint density at radius 1 is 0.935 bits per heavy atom. The lowest BCUT2D eigenvalue weighted by molar-refractivity contribution is -0.122. The number of rotatable bonds is 6. The molecule has 4 rings (SSSR count). The molecule has 31 heavy (non-hydrogen) atoms. The molecule has 1 fully saturated rings. The van der Waals surface area contributed by atoms with Crippen LogP contribution in [0.5, 0.6) is 5.88 Å². The van der Waals surface area contributed by atoms with Crippen LogP contribution in [0.1, 0.15) is 48.4 Å². The molecule has 3 aromatic rings. The molecule has 0 spiro atoms. The SMILES string of the molecule is N#Cc1nccnc1OC1CCC(NC(=O)C(c2ccccc2)c2ccccc2)CC1. The van der Waals surface area contributed by atoms with Gasteiger partial charge in [-0.2, -0.15) is 5.26 Å². The molecule has 2 aromatic carbocycles. The van der Waals surface area contributed by atoms with E-state index in [2.05, 4.69) is 15.3 Å². The summed E-state index contributed by atoms with van der Waals surface area (Å²) in [7, 11) is 0. The molecule has 1 saturated carbocycles. The molecule has 156 valence electrons. The average molecular weight is 412 g/mol. The highest BCUT2D eigenvalue weighted by Crippen LogP contribution is 2.27. The largest absolute Gasteiger partial charge is 0.472 e. The van der Waals surface area contributed by atoms with E-state index >= 15 is 0 Å². The number of carbonyl (C=O) groups excluding carboxylic acids is 1. The van der Waals surface area contributed by atoms with Gasteiger partial charge in [0, 0.05) is 18.4 Å². The van der Waals surface area contributed by atoms with Gasteiger partial charge in [-0.05, 0) is 36.8 Å². The Bertz CT molecular complexity index is 1000. The van der Waals surface area contributed by atoms with Gasteiger partial charge >= 0.3 is 0 Å². The van der Waals surface area contributed by atoms with Crippen LogP contribution in [0.4, 0.5) is 0 Å². The van der Waals surface area contributed by atoms with Crippen LogP contribution in [0.25, 0.3) is 0 Å². The number of amides is 1. The maximum Gasteiger partial charge on any atom is 0.251 e. The summed E-state index contributed by atoms with van der Waals surface area (Å²) in [6.07, 6.45) is 6.17. The molecule has 6 heteroatoms. The number of nitrogens with one attached hydrogen (secondary N) is 1. The quantitative estimate of drug-likeness (QED) is 0.661. The molecular formula is C25H24N4O2. The zero-order chi connectivity index (χ0) is 21.5. The Morgan fingerprint density at radius 2 is 1.52 bits per heavy atom. The fraction of sp³-hybridized carbons (Fsp3) is 0.280. The molecule has 0 radical (unpaired) electrons. The molecule has 1 N–H and O–H groups in total. The normalized spacial score (nSPS) is 18.2. The lowest BCUT2D eigenvalue weighted by Crippen LogP contribution is -2.42. The predicted molar refractivity (Wildman–Crippen MR) is 116 cm³/mol. The summed E-state index contributed by atoms with van der Waals surface area (Å²) in [5.41, 5.74) is 2.16. The minimum absolute atomic E-state index is 0.0162. The van der Waals surface area contributed by atoms with Crippen molar-refractivity contribution in [2.24, 2.45) is 0 Å². The van der Waals surface area contributed by atoms with Crippen LogP contribution >= 0.6 is 0 Å². The number of nitrogens with zero attached hydrogens (tertiary/aromatic N) is 3. The maximum absolute atomic E-state index is 13.3. The van der Waals surface area contributed by atoms with E-state index in [1.54, 1.807) is 0 Å². The van der Waals surface area contributed by atoms with E-state index in [4.69, 9.17) is 10.00 Å². The Hall–Kier alpha value is -3.72. The zero-order valence-corrected chi connectivity index (χ0v) is 17.1. The summed E-state index contributed by atoms with van der Waals surface area (Å²) in [6, 6.07) is 21.8. The summed E-state index contributed by atoms with van der Waals surface area (Å²) >= 11 is 0. The second-order valence-electron chi connectivity index (χ2n) is 7.68. The van der Waals surface area contributed by atoms with Gasteiger partial charge in [-0.3, -0.25) is 4.79 Å². The van der Waals surface area contributed by atoms with Crippen LogP contribution in [0.2, 0.25) is 0 Å². The van der Waals surface area contributed by atoms with E-state index in [0.717, 1.165) is 36.8 Å². The number of aromatic nitrogens is 2. The molecular weight excluding hydrogens is 388 g/mol. The molecule has 0 unspecified atom stereocenters. The highest BCUT2D eigenvalue weighted by Gasteiger charge is 2.28. The number of carbonyl (C=O) groups is 1. The number of ether oxygens (including phenoxy) is 1. The Labute approximate surface area is 181 Å². The molecule has 0 saturated heterocycles. The van der Waals surface area contributed by atoms with Gasteiger partial charge < -0.3 is 10.1 Å². The average Bonchev–Trinajstić information content (AvgIpc) is 2.82. The molecule has 0 aliphatic heterocycles. The van der Waals surface area contributed by atoms with Gasteiger partial charge in [-0.15, -0.1) is 0 Å². The topological polar surface area (TPSA) is 87.9 Å². The summed E-state index contributed by atoms with van der Waals surface area (Å²) < 4.78 is 5.91. The third kappa shape index (κ3) is 5.07. The van der Waals surface area contributed by atoms with Gasteiger partial charge in [0.05, 0.1) is 5.92 Å². The number of benzene rings is 2. The van der Waals surface area contributed by atoms with Gasteiger partial charge in [-0.25, -0.2) is 9.97 Å². The number of nitriles is 1. The van der Waals surface area contributed by atoms with Gasteiger partial charge in [-0.1, -0.05) is 60.7 Å². The van der Waals surface area contributed by atoms with Crippen molar-refractivity contribution in [2.45, 2.75) is 43.7 Å². The van der Waals surface area contributed by atoms with E-state index in [0.29, 0.717) is 0 Å². The van der Waals surface area contributed by atoms with E-state index in [1.165, 1.54) is 12.4 Å². The van der Waals surface area contributed by atoms with Crippen LogP contribution in [0, 0.1) is 11.3 Å². The molecule has 1 amide bonds. The molecule has 1 aliphatic rings. The molecule has 1 aliphatic carbocycles. The van der Waals surface area contributed by atoms with Crippen molar-refractivity contribution in [3.8, 4) is 11.9 Å². The Morgan fingerprint density at radius 3 is 2.10 bits per heavy atom. The minimum Gasteiger partial charge on any atom is -0.472 e. The van der Waals surface area contributed by atoms with Gasteiger partial charge in [0.15, 0.2) is 0 Å². The second-order valence-corrected chi connectivity index (χ2v) is 7.68. The first-order valence-electron chi connectivity index (χ1n) is 10.5. The van der Waals surface area contributed by atoms with Crippen molar-refractivity contribution in [3.63, 3.8) is 0 Å². The number of hydrogen-bond donors (Lipinski definition) is 1. The summed E-state index contributed by atoms with van der Waals surface area (Å²) in [6.45, 7) is 0. The van der Waals surface area contributed by atoms with Crippen molar-refractivity contribution in [1.29, 1.82) is 5.26 Å². The molecule has 1 aromatic heterocycles. The summed E-state index contributed by atoms with van der Waals surface area (Å²) in [5, 5.41) is 12.4. The second kappa shape index (κ2) is 9.86. The zero-order valence-electron chi connectivity index (χ0n) is 17.1. The third-order valence-corrected chi connectivity index (χ3v) is 5.60. The van der Waals surface area contributed by atoms with Crippen molar-refractivity contribution < 1.29 is 9.53 Å². The van der Waals surface area contributed by atoms with Crippen LogP contribution < -0.4 is 10.1 Å². The first-order chi connectivity index (χ1) is 15.2. The van der Waals surface area contributed by atoms with E-state index in [9.17, 15) is 4.79 Å². The van der Waals surface area contributed by atoms with Crippen LogP contribution in [0.3, 0.4) is 0 Å². The maximum atomic E-state index is 13.3. The lowest BCUT2D eigenvalue weighted by atomic mass is 9.88.